The number of hydrogen-bond donors (Lipinski definition) is 0. The van der Waals surface area contributed by atoms with Crippen LogP contribution in [0.15, 0.2) is 54.6 Å². The van der Waals surface area contributed by atoms with Gasteiger partial charge in [-0.05, 0) is 18.6 Å². The summed E-state index contributed by atoms with van der Waals surface area (Å²) in [6, 6.07) is 17.3. The lowest BCUT2D eigenvalue weighted by Crippen LogP contribution is -2.42. The summed E-state index contributed by atoms with van der Waals surface area (Å²) in [6.07, 6.45) is 10.2. The second kappa shape index (κ2) is 10.4. The SMILES string of the molecule is CCCCCCCCCCOC1(c2ccccc2)CC(=O)c2ccccc2O1. The molecule has 0 bridgehead atoms. The van der Waals surface area contributed by atoms with Crippen molar-refractivity contribution in [1.29, 1.82) is 0 Å². The summed E-state index contributed by atoms with van der Waals surface area (Å²) in [5, 5.41) is 0. The Morgan fingerprint density at radius 3 is 2.25 bits per heavy atom. The molecule has 150 valence electrons. The number of fused-ring (bicyclic) bond motifs is 1. The second-order valence-corrected chi connectivity index (χ2v) is 7.64. The van der Waals surface area contributed by atoms with Gasteiger partial charge in [-0.3, -0.25) is 4.79 Å². The standard InChI is InChI=1S/C25H32O3/c1-2-3-4-5-6-7-8-14-19-27-25(21-15-10-9-11-16-21)20-23(26)22-17-12-13-18-24(22)28-25/h9-13,15-18H,2-8,14,19-20H2,1H3. The minimum absolute atomic E-state index is 0.0710. The van der Waals surface area contributed by atoms with Gasteiger partial charge in [0.1, 0.15) is 5.75 Å². The van der Waals surface area contributed by atoms with Gasteiger partial charge in [0, 0.05) is 5.56 Å². The van der Waals surface area contributed by atoms with Gasteiger partial charge in [-0.1, -0.05) is 94.3 Å². The van der Waals surface area contributed by atoms with Gasteiger partial charge in [0.05, 0.1) is 18.6 Å². The Hall–Kier alpha value is -2.13. The Morgan fingerprint density at radius 1 is 0.857 bits per heavy atom. The zero-order chi connectivity index (χ0) is 19.7. The number of hydrogen-bond acceptors (Lipinski definition) is 3. The first kappa shape index (κ1) is 20.6. The van der Waals surface area contributed by atoms with Crippen LogP contribution in [0.25, 0.3) is 0 Å². The average molecular weight is 381 g/mol. The van der Waals surface area contributed by atoms with Gasteiger partial charge in [-0.15, -0.1) is 0 Å². The molecule has 0 saturated heterocycles. The van der Waals surface area contributed by atoms with Gasteiger partial charge in [-0.2, -0.15) is 0 Å². The first-order chi connectivity index (χ1) is 13.7. The maximum Gasteiger partial charge on any atom is 0.244 e. The molecule has 0 spiro atoms. The van der Waals surface area contributed by atoms with Gasteiger partial charge < -0.3 is 9.47 Å². The smallest absolute Gasteiger partial charge is 0.244 e. The summed E-state index contributed by atoms with van der Waals surface area (Å²) in [6.45, 7) is 2.84. The van der Waals surface area contributed by atoms with Crippen molar-refractivity contribution in [3.05, 3.63) is 65.7 Å². The molecule has 3 nitrogen and oxygen atoms in total. The Balaban J connectivity index is 1.60. The molecule has 1 aliphatic heterocycles. The molecule has 1 aliphatic rings. The van der Waals surface area contributed by atoms with E-state index in [1.807, 2.05) is 54.6 Å². The van der Waals surface area contributed by atoms with Crippen LogP contribution in [-0.4, -0.2) is 12.4 Å². The van der Waals surface area contributed by atoms with Gasteiger partial charge in [0.2, 0.25) is 5.79 Å². The zero-order valence-corrected chi connectivity index (χ0v) is 17.0. The number of rotatable bonds is 11. The first-order valence-electron chi connectivity index (χ1n) is 10.8. The number of carbonyl (C=O) groups excluding carboxylic acids is 1. The molecule has 0 aliphatic carbocycles. The molecule has 1 atom stereocenters. The molecular formula is C25H32O3. The maximum absolute atomic E-state index is 12.8. The molecule has 0 amide bonds. The second-order valence-electron chi connectivity index (χ2n) is 7.64. The Bertz CT molecular complexity index is 740. The van der Waals surface area contributed by atoms with E-state index in [0.29, 0.717) is 17.9 Å². The highest BCUT2D eigenvalue weighted by Crippen LogP contribution is 2.40. The van der Waals surface area contributed by atoms with Crippen LogP contribution in [0, 0.1) is 0 Å². The third-order valence-corrected chi connectivity index (χ3v) is 5.40. The van der Waals surface area contributed by atoms with Gasteiger partial charge in [0.15, 0.2) is 5.78 Å². The number of benzene rings is 2. The van der Waals surface area contributed by atoms with Crippen LogP contribution in [-0.2, 0) is 10.5 Å². The van der Waals surface area contributed by atoms with E-state index in [9.17, 15) is 4.79 Å². The summed E-state index contributed by atoms with van der Waals surface area (Å²) in [5.41, 5.74) is 1.54. The highest BCUT2D eigenvalue weighted by molar-refractivity contribution is 6.00. The van der Waals surface area contributed by atoms with E-state index >= 15 is 0 Å². The number of ether oxygens (including phenoxy) is 2. The largest absolute Gasteiger partial charge is 0.457 e. The third kappa shape index (κ3) is 5.23. The number of Topliss-reactive ketones (excluding diaryl/α,β-unsaturated/α-hetero) is 1. The Morgan fingerprint density at radius 2 is 1.50 bits per heavy atom. The van der Waals surface area contributed by atoms with E-state index in [1.165, 1.54) is 38.5 Å². The number of unbranched alkanes of at least 4 members (excludes halogenated alkanes) is 7. The molecule has 1 heterocycles. The van der Waals surface area contributed by atoms with Crippen LogP contribution in [0.1, 0.15) is 80.6 Å². The van der Waals surface area contributed by atoms with Crippen molar-refractivity contribution < 1.29 is 14.3 Å². The van der Waals surface area contributed by atoms with Crippen molar-refractivity contribution >= 4 is 5.78 Å². The van der Waals surface area contributed by atoms with Crippen LogP contribution in [0.4, 0.5) is 0 Å². The molecule has 0 radical (unpaired) electrons. The number of para-hydroxylation sites is 1. The van der Waals surface area contributed by atoms with Crippen molar-refractivity contribution in [1.82, 2.24) is 0 Å². The minimum atomic E-state index is -1.02. The lowest BCUT2D eigenvalue weighted by Gasteiger charge is -2.38. The van der Waals surface area contributed by atoms with Crippen molar-refractivity contribution in [3.8, 4) is 5.75 Å². The van der Waals surface area contributed by atoms with Crippen LogP contribution < -0.4 is 4.74 Å². The summed E-state index contributed by atoms with van der Waals surface area (Å²) in [5.74, 6) is -0.339. The lowest BCUT2D eigenvalue weighted by molar-refractivity contribution is -0.193. The highest BCUT2D eigenvalue weighted by Gasteiger charge is 2.43. The first-order valence-corrected chi connectivity index (χ1v) is 10.8. The van der Waals surface area contributed by atoms with Gasteiger partial charge >= 0.3 is 0 Å². The van der Waals surface area contributed by atoms with E-state index in [2.05, 4.69) is 6.92 Å². The third-order valence-electron chi connectivity index (χ3n) is 5.40. The minimum Gasteiger partial charge on any atom is -0.457 e. The van der Waals surface area contributed by atoms with E-state index in [0.717, 1.165) is 18.4 Å². The van der Waals surface area contributed by atoms with Gasteiger partial charge in [0.25, 0.3) is 0 Å². The molecule has 0 N–H and O–H groups in total. The van der Waals surface area contributed by atoms with Crippen LogP contribution in [0.3, 0.4) is 0 Å². The van der Waals surface area contributed by atoms with Crippen molar-refractivity contribution in [3.63, 3.8) is 0 Å². The van der Waals surface area contributed by atoms with Crippen molar-refractivity contribution in [2.75, 3.05) is 6.61 Å². The molecule has 2 aromatic rings. The van der Waals surface area contributed by atoms with Crippen molar-refractivity contribution in [2.24, 2.45) is 0 Å². The predicted octanol–water partition coefficient (Wildman–Crippen LogP) is 6.66. The summed E-state index contributed by atoms with van der Waals surface area (Å²) < 4.78 is 12.6. The van der Waals surface area contributed by atoms with Gasteiger partial charge in [-0.25, -0.2) is 0 Å². The van der Waals surface area contributed by atoms with E-state index in [4.69, 9.17) is 9.47 Å². The topological polar surface area (TPSA) is 35.5 Å². The lowest BCUT2D eigenvalue weighted by atomic mass is 9.93. The van der Waals surface area contributed by atoms with E-state index in [-0.39, 0.29) is 12.2 Å². The quantitative estimate of drug-likeness (QED) is 0.409. The van der Waals surface area contributed by atoms with E-state index < -0.39 is 5.79 Å². The molecular weight excluding hydrogens is 348 g/mol. The molecule has 3 heteroatoms. The molecule has 2 aromatic carbocycles. The van der Waals surface area contributed by atoms with E-state index in [1.54, 1.807) is 0 Å². The molecule has 0 fully saturated rings. The Kier molecular flexibility index (Phi) is 7.67. The average Bonchev–Trinajstić information content (AvgIpc) is 2.73. The molecule has 0 aromatic heterocycles. The molecule has 28 heavy (non-hydrogen) atoms. The highest BCUT2D eigenvalue weighted by atomic mass is 16.7. The normalized spacial score (nSPS) is 18.5. The molecule has 3 rings (SSSR count). The molecule has 0 saturated carbocycles. The Labute approximate surface area is 169 Å². The van der Waals surface area contributed by atoms with Crippen LogP contribution in [0.5, 0.6) is 5.75 Å². The van der Waals surface area contributed by atoms with Crippen LogP contribution in [0.2, 0.25) is 0 Å². The predicted molar refractivity (Wildman–Crippen MR) is 113 cm³/mol. The fourth-order valence-corrected chi connectivity index (χ4v) is 3.80. The number of carbonyl (C=O) groups is 1. The monoisotopic (exact) mass is 380 g/mol. The van der Waals surface area contributed by atoms with Crippen LogP contribution >= 0.6 is 0 Å². The fourth-order valence-electron chi connectivity index (χ4n) is 3.80. The fraction of sp³-hybridized carbons (Fsp3) is 0.480. The summed E-state index contributed by atoms with van der Waals surface area (Å²) >= 11 is 0. The van der Waals surface area contributed by atoms with Crippen molar-refractivity contribution in [2.45, 2.75) is 70.5 Å². The molecule has 1 unspecified atom stereocenters. The zero-order valence-electron chi connectivity index (χ0n) is 17.0. The maximum atomic E-state index is 12.8. The summed E-state index contributed by atoms with van der Waals surface area (Å²) in [4.78, 5) is 12.8. The summed E-state index contributed by atoms with van der Waals surface area (Å²) in [7, 11) is 0. The number of ketones is 1.